The fourth-order valence-electron chi connectivity index (χ4n) is 2.26. The molecule has 0 saturated carbocycles. The molecule has 0 radical (unpaired) electrons. The number of hydrogen-bond acceptors (Lipinski definition) is 10. The molecule has 0 saturated heterocycles. The van der Waals surface area contributed by atoms with Crippen molar-refractivity contribution >= 4 is 61.5 Å². The Kier molecular flexibility index (Phi) is 8.15. The molecule has 3 rings (SSSR count). The average molecular weight is 499 g/mol. The summed E-state index contributed by atoms with van der Waals surface area (Å²) in [5.74, 6) is -0.700. The van der Waals surface area contributed by atoms with Crippen molar-refractivity contribution in [3.05, 3.63) is 52.2 Å². The number of nitrogens with one attached hydrogen (secondary N) is 2. The van der Waals surface area contributed by atoms with E-state index in [0.29, 0.717) is 10.9 Å². The fraction of sp³-hybridized carbons (Fsp3) is 0.222. The van der Waals surface area contributed by atoms with Crippen LogP contribution >= 0.6 is 34.4 Å². The van der Waals surface area contributed by atoms with Crippen LogP contribution in [0, 0.1) is 0 Å². The van der Waals surface area contributed by atoms with E-state index in [4.69, 9.17) is 4.74 Å². The van der Waals surface area contributed by atoms with E-state index < -0.39 is 15.9 Å². The molecule has 1 amide bonds. The van der Waals surface area contributed by atoms with Crippen LogP contribution in [0.5, 0.6) is 0 Å². The second-order valence-corrected chi connectivity index (χ2v) is 10.8. The standard InChI is InChI=1S/C18H18N4O5S4/c1-2-27-15(23)11-29-18-22-21-17(30-18)20-16(24)12-5-7-14(8-6-12)31(25,26)19-10-13-4-3-9-28-13/h3-9,19H,2,10-11H2,1H3,(H,20,21,24). The van der Waals surface area contributed by atoms with Gasteiger partial charge in [-0.25, -0.2) is 13.1 Å². The number of aromatic nitrogens is 2. The zero-order valence-corrected chi connectivity index (χ0v) is 19.5. The number of thioether (sulfide) groups is 1. The molecule has 0 aliphatic carbocycles. The van der Waals surface area contributed by atoms with E-state index >= 15 is 0 Å². The van der Waals surface area contributed by atoms with E-state index in [1.165, 1.54) is 47.4 Å². The summed E-state index contributed by atoms with van der Waals surface area (Å²) in [6.07, 6.45) is 0. The predicted octanol–water partition coefficient (Wildman–Crippen LogP) is 2.99. The Bertz CT molecular complexity index is 1130. The molecule has 0 aliphatic heterocycles. The second-order valence-electron chi connectivity index (χ2n) is 5.85. The molecule has 0 bridgehead atoms. The first-order valence-corrected chi connectivity index (χ1v) is 13.1. The van der Waals surface area contributed by atoms with Gasteiger partial charge in [-0.3, -0.25) is 14.9 Å². The van der Waals surface area contributed by atoms with Crippen molar-refractivity contribution in [1.29, 1.82) is 0 Å². The van der Waals surface area contributed by atoms with Crippen LogP contribution < -0.4 is 10.0 Å². The van der Waals surface area contributed by atoms with E-state index in [1.54, 1.807) is 6.92 Å². The number of esters is 1. The van der Waals surface area contributed by atoms with Crippen molar-refractivity contribution in [2.45, 2.75) is 22.7 Å². The third kappa shape index (κ3) is 6.83. The van der Waals surface area contributed by atoms with Gasteiger partial charge in [-0.15, -0.1) is 21.5 Å². The van der Waals surface area contributed by atoms with Gasteiger partial charge in [0.2, 0.25) is 15.2 Å². The molecular formula is C18H18N4O5S4. The SMILES string of the molecule is CCOC(=O)CSc1nnc(NC(=O)c2ccc(S(=O)(=O)NCc3cccs3)cc2)s1. The predicted molar refractivity (Wildman–Crippen MR) is 120 cm³/mol. The highest BCUT2D eigenvalue weighted by molar-refractivity contribution is 8.01. The fourth-order valence-corrected chi connectivity index (χ4v) is 5.55. The van der Waals surface area contributed by atoms with Gasteiger partial charge in [0.25, 0.3) is 5.91 Å². The Labute approximate surface area is 191 Å². The van der Waals surface area contributed by atoms with Gasteiger partial charge < -0.3 is 4.74 Å². The number of hydrogen-bond donors (Lipinski definition) is 2. The van der Waals surface area contributed by atoms with E-state index in [1.807, 2.05) is 17.5 Å². The lowest BCUT2D eigenvalue weighted by Crippen LogP contribution is -2.23. The van der Waals surface area contributed by atoms with Crippen molar-refractivity contribution in [2.75, 3.05) is 17.7 Å². The minimum atomic E-state index is -3.69. The van der Waals surface area contributed by atoms with E-state index in [9.17, 15) is 18.0 Å². The van der Waals surface area contributed by atoms with Crippen LogP contribution in [0.25, 0.3) is 0 Å². The van der Waals surface area contributed by atoms with Crippen molar-refractivity contribution in [1.82, 2.24) is 14.9 Å². The molecule has 0 unspecified atom stereocenters. The molecule has 164 valence electrons. The maximum absolute atomic E-state index is 12.4. The van der Waals surface area contributed by atoms with E-state index in [-0.39, 0.29) is 33.9 Å². The molecule has 31 heavy (non-hydrogen) atoms. The van der Waals surface area contributed by atoms with Gasteiger partial charge in [-0.1, -0.05) is 29.2 Å². The summed E-state index contributed by atoms with van der Waals surface area (Å²) in [5.41, 5.74) is 0.271. The number of carbonyl (C=O) groups is 2. The normalized spacial score (nSPS) is 11.3. The molecule has 1 aromatic carbocycles. The zero-order valence-electron chi connectivity index (χ0n) is 16.2. The summed E-state index contributed by atoms with van der Waals surface area (Å²) >= 11 is 3.75. The van der Waals surface area contributed by atoms with Gasteiger partial charge in [0.15, 0.2) is 4.34 Å². The van der Waals surface area contributed by atoms with Crippen LogP contribution in [0.2, 0.25) is 0 Å². The van der Waals surface area contributed by atoms with Crippen LogP contribution in [-0.2, 0) is 26.1 Å². The number of amides is 1. The molecule has 9 nitrogen and oxygen atoms in total. The quantitative estimate of drug-likeness (QED) is 0.248. The summed E-state index contributed by atoms with van der Waals surface area (Å²) in [7, 11) is -3.69. The van der Waals surface area contributed by atoms with Gasteiger partial charge in [0, 0.05) is 17.0 Å². The third-order valence-corrected chi connectivity index (χ3v) is 7.93. The monoisotopic (exact) mass is 498 g/mol. The lowest BCUT2D eigenvalue weighted by molar-refractivity contribution is -0.139. The first-order valence-electron chi connectivity index (χ1n) is 8.93. The summed E-state index contributed by atoms with van der Waals surface area (Å²) in [5, 5.41) is 12.5. The summed E-state index contributed by atoms with van der Waals surface area (Å²) in [6.45, 7) is 2.24. The third-order valence-electron chi connectivity index (χ3n) is 3.69. The lowest BCUT2D eigenvalue weighted by Gasteiger charge is -2.07. The minimum Gasteiger partial charge on any atom is -0.465 e. The van der Waals surface area contributed by atoms with Crippen molar-refractivity contribution < 1.29 is 22.7 Å². The second kappa shape index (κ2) is 10.8. The number of thiophene rings is 1. The maximum atomic E-state index is 12.4. The van der Waals surface area contributed by atoms with Gasteiger partial charge in [-0.2, -0.15) is 0 Å². The van der Waals surface area contributed by atoms with Crippen molar-refractivity contribution in [3.8, 4) is 0 Å². The molecule has 0 aliphatic rings. The molecule has 2 N–H and O–H groups in total. The highest BCUT2D eigenvalue weighted by Gasteiger charge is 2.16. The maximum Gasteiger partial charge on any atom is 0.316 e. The van der Waals surface area contributed by atoms with Crippen LogP contribution in [0.4, 0.5) is 5.13 Å². The highest BCUT2D eigenvalue weighted by Crippen LogP contribution is 2.26. The molecule has 3 aromatic rings. The van der Waals surface area contributed by atoms with E-state index in [0.717, 1.165) is 16.2 Å². The average Bonchev–Trinajstić information content (AvgIpc) is 3.43. The number of anilines is 1. The number of ether oxygens (including phenoxy) is 1. The molecule has 0 atom stereocenters. The lowest BCUT2D eigenvalue weighted by atomic mass is 10.2. The molecule has 2 aromatic heterocycles. The van der Waals surface area contributed by atoms with Crippen molar-refractivity contribution in [3.63, 3.8) is 0 Å². The Morgan fingerprint density at radius 1 is 1.16 bits per heavy atom. The number of nitrogens with zero attached hydrogens (tertiary/aromatic N) is 2. The van der Waals surface area contributed by atoms with E-state index in [2.05, 4.69) is 20.2 Å². The Balaban J connectivity index is 1.56. The summed E-state index contributed by atoms with van der Waals surface area (Å²) < 4.78 is 32.7. The molecular weight excluding hydrogens is 480 g/mol. The van der Waals surface area contributed by atoms with Crippen molar-refractivity contribution in [2.24, 2.45) is 0 Å². The number of rotatable bonds is 10. The number of benzene rings is 1. The topological polar surface area (TPSA) is 127 Å². The minimum absolute atomic E-state index is 0.0640. The molecule has 0 spiro atoms. The Morgan fingerprint density at radius 2 is 1.94 bits per heavy atom. The zero-order chi connectivity index (χ0) is 22.3. The van der Waals surface area contributed by atoms with Crippen LogP contribution in [0.3, 0.4) is 0 Å². The molecule has 0 fully saturated rings. The first kappa shape index (κ1) is 23.3. The van der Waals surface area contributed by atoms with Crippen LogP contribution in [-0.4, -0.2) is 42.9 Å². The number of carbonyl (C=O) groups excluding carboxylic acids is 2. The van der Waals surface area contributed by atoms with Gasteiger partial charge in [0.1, 0.15) is 0 Å². The van der Waals surface area contributed by atoms with Crippen LogP contribution in [0.15, 0.2) is 51.0 Å². The Morgan fingerprint density at radius 3 is 2.61 bits per heavy atom. The van der Waals surface area contributed by atoms with Gasteiger partial charge in [0.05, 0.1) is 17.3 Å². The summed E-state index contributed by atoms with van der Waals surface area (Å²) in [6, 6.07) is 9.27. The number of sulfonamides is 1. The molecule has 13 heteroatoms. The van der Waals surface area contributed by atoms with Gasteiger partial charge >= 0.3 is 5.97 Å². The largest absolute Gasteiger partial charge is 0.465 e. The van der Waals surface area contributed by atoms with Crippen LogP contribution in [0.1, 0.15) is 22.2 Å². The first-order chi connectivity index (χ1) is 14.9. The summed E-state index contributed by atoms with van der Waals surface area (Å²) in [4.78, 5) is 24.7. The highest BCUT2D eigenvalue weighted by atomic mass is 32.2. The smallest absolute Gasteiger partial charge is 0.316 e. The molecule has 2 heterocycles. The van der Waals surface area contributed by atoms with Gasteiger partial charge in [-0.05, 0) is 42.6 Å². The Hall–Kier alpha value is -2.32.